The molecule has 0 aromatic heterocycles. The standard InChI is InChI=1S/C18H28N2O4S/c1-3-18(22)20-15-9-10-17(13(2)11-15)25(23,24)19-12-16(21)14-7-5-4-6-8-14/h9-11,14,16,19,21H,3-8,12H2,1-2H3,(H,20,22)/t16-/m0/s1. The Morgan fingerprint density at radius 3 is 2.56 bits per heavy atom. The summed E-state index contributed by atoms with van der Waals surface area (Å²) in [4.78, 5) is 11.6. The van der Waals surface area contributed by atoms with Crippen molar-refractivity contribution in [3.05, 3.63) is 23.8 Å². The highest BCUT2D eigenvalue weighted by Gasteiger charge is 2.24. The Morgan fingerprint density at radius 1 is 1.28 bits per heavy atom. The number of anilines is 1. The number of amides is 1. The molecule has 1 aromatic carbocycles. The topological polar surface area (TPSA) is 95.5 Å². The third-order valence-electron chi connectivity index (χ3n) is 4.75. The number of sulfonamides is 1. The number of hydrogen-bond donors (Lipinski definition) is 3. The van der Waals surface area contributed by atoms with Crippen molar-refractivity contribution in [1.29, 1.82) is 0 Å². The van der Waals surface area contributed by atoms with Crippen LogP contribution in [0.15, 0.2) is 23.1 Å². The van der Waals surface area contributed by atoms with Gasteiger partial charge < -0.3 is 10.4 Å². The smallest absolute Gasteiger partial charge is 0.240 e. The predicted octanol–water partition coefficient (Wildman–Crippen LogP) is 2.56. The lowest BCUT2D eigenvalue weighted by Crippen LogP contribution is -2.37. The van der Waals surface area contributed by atoms with E-state index in [1.807, 2.05) is 0 Å². The van der Waals surface area contributed by atoms with Crippen molar-refractivity contribution in [2.24, 2.45) is 5.92 Å². The fraction of sp³-hybridized carbons (Fsp3) is 0.611. The molecule has 2 rings (SSSR count). The van der Waals surface area contributed by atoms with Crippen LogP contribution in [0.2, 0.25) is 0 Å². The minimum atomic E-state index is -3.70. The molecule has 7 heteroatoms. The third-order valence-corrected chi connectivity index (χ3v) is 6.33. The number of benzene rings is 1. The number of carbonyl (C=O) groups is 1. The van der Waals surface area contributed by atoms with E-state index in [9.17, 15) is 18.3 Å². The van der Waals surface area contributed by atoms with Crippen LogP contribution in [-0.4, -0.2) is 32.1 Å². The largest absolute Gasteiger partial charge is 0.391 e. The molecule has 1 aliphatic rings. The van der Waals surface area contributed by atoms with Gasteiger partial charge in [0.05, 0.1) is 11.0 Å². The normalized spacial score (nSPS) is 17.2. The van der Waals surface area contributed by atoms with E-state index in [0.29, 0.717) is 17.7 Å². The average molecular weight is 368 g/mol. The fourth-order valence-corrected chi connectivity index (χ4v) is 4.51. The number of aryl methyl sites for hydroxylation is 1. The molecule has 0 bridgehead atoms. The Balaban J connectivity index is 2.02. The lowest BCUT2D eigenvalue weighted by Gasteiger charge is -2.26. The van der Waals surface area contributed by atoms with E-state index in [1.54, 1.807) is 26.0 Å². The second-order valence-corrected chi connectivity index (χ2v) is 8.43. The van der Waals surface area contributed by atoms with Crippen molar-refractivity contribution >= 4 is 21.6 Å². The number of aliphatic hydroxyl groups is 1. The van der Waals surface area contributed by atoms with Gasteiger partial charge in [-0.3, -0.25) is 4.79 Å². The molecule has 1 aliphatic carbocycles. The van der Waals surface area contributed by atoms with Crippen LogP contribution in [0.3, 0.4) is 0 Å². The zero-order chi connectivity index (χ0) is 18.4. The van der Waals surface area contributed by atoms with E-state index in [1.165, 1.54) is 12.5 Å². The van der Waals surface area contributed by atoms with Crippen LogP contribution < -0.4 is 10.0 Å². The number of carbonyl (C=O) groups excluding carboxylic acids is 1. The maximum atomic E-state index is 12.5. The summed E-state index contributed by atoms with van der Waals surface area (Å²) in [6, 6.07) is 4.70. The van der Waals surface area contributed by atoms with Gasteiger partial charge in [0, 0.05) is 18.7 Å². The van der Waals surface area contributed by atoms with Crippen LogP contribution in [0.5, 0.6) is 0 Å². The lowest BCUT2D eigenvalue weighted by molar-refractivity contribution is -0.115. The number of nitrogens with one attached hydrogen (secondary N) is 2. The van der Waals surface area contributed by atoms with Crippen LogP contribution in [-0.2, 0) is 14.8 Å². The maximum absolute atomic E-state index is 12.5. The summed E-state index contributed by atoms with van der Waals surface area (Å²) in [6.45, 7) is 3.47. The summed E-state index contributed by atoms with van der Waals surface area (Å²) in [5.41, 5.74) is 1.12. The van der Waals surface area contributed by atoms with Gasteiger partial charge in [-0.05, 0) is 49.4 Å². The van der Waals surface area contributed by atoms with E-state index in [2.05, 4.69) is 10.0 Å². The molecular weight excluding hydrogens is 340 g/mol. The van der Waals surface area contributed by atoms with Crippen LogP contribution >= 0.6 is 0 Å². The molecule has 1 amide bonds. The summed E-state index contributed by atoms with van der Waals surface area (Å²) < 4.78 is 27.6. The van der Waals surface area contributed by atoms with Gasteiger partial charge >= 0.3 is 0 Å². The molecule has 0 radical (unpaired) electrons. The third kappa shape index (κ3) is 5.52. The Morgan fingerprint density at radius 2 is 1.96 bits per heavy atom. The molecular formula is C18H28N2O4S. The Hall–Kier alpha value is -1.44. The zero-order valence-corrected chi connectivity index (χ0v) is 15.7. The fourth-order valence-electron chi connectivity index (χ4n) is 3.24. The Kier molecular flexibility index (Phi) is 6.98. The van der Waals surface area contributed by atoms with Gasteiger partial charge in [-0.25, -0.2) is 13.1 Å². The number of aliphatic hydroxyl groups excluding tert-OH is 1. The molecule has 1 fully saturated rings. The van der Waals surface area contributed by atoms with Crippen molar-refractivity contribution in [3.8, 4) is 0 Å². The van der Waals surface area contributed by atoms with E-state index >= 15 is 0 Å². The van der Waals surface area contributed by atoms with Crippen LogP contribution in [0.1, 0.15) is 51.0 Å². The molecule has 1 aromatic rings. The molecule has 0 heterocycles. The summed E-state index contributed by atoms with van der Waals surface area (Å²) in [7, 11) is -3.70. The van der Waals surface area contributed by atoms with Crippen LogP contribution in [0, 0.1) is 12.8 Å². The zero-order valence-electron chi connectivity index (χ0n) is 14.9. The predicted molar refractivity (Wildman–Crippen MR) is 97.9 cm³/mol. The highest BCUT2D eigenvalue weighted by Crippen LogP contribution is 2.26. The van der Waals surface area contributed by atoms with E-state index < -0.39 is 16.1 Å². The van der Waals surface area contributed by atoms with Crippen molar-refractivity contribution in [3.63, 3.8) is 0 Å². The van der Waals surface area contributed by atoms with Gasteiger partial charge in [0.25, 0.3) is 0 Å². The van der Waals surface area contributed by atoms with E-state index in [4.69, 9.17) is 0 Å². The van der Waals surface area contributed by atoms with Gasteiger partial charge in [-0.1, -0.05) is 26.2 Å². The van der Waals surface area contributed by atoms with E-state index in [-0.39, 0.29) is 23.3 Å². The monoisotopic (exact) mass is 368 g/mol. The molecule has 1 atom stereocenters. The first-order valence-corrected chi connectivity index (χ1v) is 10.4. The Labute approximate surface area is 150 Å². The summed E-state index contributed by atoms with van der Waals surface area (Å²) in [5, 5.41) is 13.0. The summed E-state index contributed by atoms with van der Waals surface area (Å²) in [5.74, 6) is 0.0490. The first-order valence-electron chi connectivity index (χ1n) is 8.91. The van der Waals surface area contributed by atoms with E-state index in [0.717, 1.165) is 25.7 Å². The molecule has 3 N–H and O–H groups in total. The first kappa shape index (κ1) is 19.9. The molecule has 1 saturated carbocycles. The van der Waals surface area contributed by atoms with Crippen molar-refractivity contribution in [2.45, 2.75) is 63.4 Å². The van der Waals surface area contributed by atoms with Crippen LogP contribution in [0.25, 0.3) is 0 Å². The van der Waals surface area contributed by atoms with Crippen molar-refractivity contribution in [2.75, 3.05) is 11.9 Å². The first-order chi connectivity index (χ1) is 11.8. The Bertz CT molecular complexity index is 697. The average Bonchev–Trinajstić information content (AvgIpc) is 2.60. The second-order valence-electron chi connectivity index (χ2n) is 6.70. The quantitative estimate of drug-likeness (QED) is 0.689. The van der Waals surface area contributed by atoms with Gasteiger partial charge in [0.1, 0.15) is 0 Å². The minimum absolute atomic E-state index is 0.0285. The highest BCUT2D eigenvalue weighted by atomic mass is 32.2. The number of hydrogen-bond acceptors (Lipinski definition) is 4. The highest BCUT2D eigenvalue weighted by molar-refractivity contribution is 7.89. The lowest BCUT2D eigenvalue weighted by atomic mass is 9.85. The van der Waals surface area contributed by atoms with Gasteiger partial charge in [-0.2, -0.15) is 0 Å². The molecule has 0 saturated heterocycles. The molecule has 25 heavy (non-hydrogen) atoms. The SMILES string of the molecule is CCC(=O)Nc1ccc(S(=O)(=O)NC[C@H](O)C2CCCCC2)c(C)c1. The summed E-state index contributed by atoms with van der Waals surface area (Å²) in [6.07, 6.45) is 4.99. The molecule has 6 nitrogen and oxygen atoms in total. The van der Waals surface area contributed by atoms with Crippen molar-refractivity contribution in [1.82, 2.24) is 4.72 Å². The van der Waals surface area contributed by atoms with Crippen molar-refractivity contribution < 1.29 is 18.3 Å². The molecule has 0 aliphatic heterocycles. The van der Waals surface area contributed by atoms with Gasteiger partial charge in [0.2, 0.25) is 15.9 Å². The van der Waals surface area contributed by atoms with Crippen LogP contribution in [0.4, 0.5) is 5.69 Å². The summed E-state index contributed by atoms with van der Waals surface area (Å²) >= 11 is 0. The molecule has 0 unspecified atom stereocenters. The second kappa shape index (κ2) is 8.78. The molecule has 0 spiro atoms. The van der Waals surface area contributed by atoms with Gasteiger partial charge in [0.15, 0.2) is 0 Å². The molecule has 140 valence electrons. The number of rotatable bonds is 7. The minimum Gasteiger partial charge on any atom is -0.391 e. The van der Waals surface area contributed by atoms with Gasteiger partial charge in [-0.15, -0.1) is 0 Å². The maximum Gasteiger partial charge on any atom is 0.240 e.